The molecule has 2 saturated heterocycles. The minimum absolute atomic E-state index is 0.141. The van der Waals surface area contributed by atoms with Crippen LogP contribution < -0.4 is 5.32 Å². The van der Waals surface area contributed by atoms with Gasteiger partial charge in [0.15, 0.2) is 0 Å². The Morgan fingerprint density at radius 3 is 2.40 bits per heavy atom. The molecule has 7 heteroatoms. The zero-order valence-electron chi connectivity index (χ0n) is 22.1. The van der Waals surface area contributed by atoms with E-state index in [1.165, 1.54) is 62.8 Å². The van der Waals surface area contributed by atoms with E-state index >= 15 is 0 Å². The number of aliphatic hydroxyl groups is 1. The summed E-state index contributed by atoms with van der Waals surface area (Å²) in [6.07, 6.45) is 15.5. The van der Waals surface area contributed by atoms with Gasteiger partial charge in [-0.2, -0.15) is 4.98 Å². The maximum absolute atomic E-state index is 10.1. The third-order valence-corrected chi connectivity index (χ3v) is 8.93. The van der Waals surface area contributed by atoms with Crippen molar-refractivity contribution in [2.75, 3.05) is 38.5 Å². The fourth-order valence-corrected chi connectivity index (χ4v) is 6.72. The van der Waals surface area contributed by atoms with Gasteiger partial charge in [0.25, 0.3) is 0 Å². The van der Waals surface area contributed by atoms with Crippen LogP contribution in [-0.4, -0.2) is 80.9 Å². The highest BCUT2D eigenvalue weighted by molar-refractivity contribution is 5.81. The molecule has 2 N–H and O–H groups in total. The van der Waals surface area contributed by atoms with Crippen molar-refractivity contribution in [2.24, 2.45) is 0 Å². The van der Waals surface area contributed by atoms with Crippen LogP contribution in [0, 0.1) is 0 Å². The maximum atomic E-state index is 10.1. The average molecular weight is 483 g/mol. The van der Waals surface area contributed by atoms with E-state index in [0.29, 0.717) is 18.0 Å². The molecule has 194 valence electrons. The third-order valence-electron chi connectivity index (χ3n) is 8.93. The van der Waals surface area contributed by atoms with Gasteiger partial charge in [-0.1, -0.05) is 13.3 Å². The van der Waals surface area contributed by atoms with Gasteiger partial charge in [0.2, 0.25) is 5.95 Å². The van der Waals surface area contributed by atoms with Crippen LogP contribution in [0.25, 0.3) is 11.0 Å². The number of aliphatic hydroxyl groups excluding tert-OH is 1. The van der Waals surface area contributed by atoms with Gasteiger partial charge in [-0.15, -0.1) is 0 Å². The molecular formula is C28H46N6O. The summed E-state index contributed by atoms with van der Waals surface area (Å²) in [6, 6.07) is 1.56. The topological polar surface area (TPSA) is 69.5 Å². The molecule has 3 fully saturated rings. The monoisotopic (exact) mass is 482 g/mol. The number of aromatic nitrogens is 3. The summed E-state index contributed by atoms with van der Waals surface area (Å²) in [6.45, 7) is 9.31. The Labute approximate surface area is 211 Å². The molecule has 3 aliphatic rings. The highest BCUT2D eigenvalue weighted by Gasteiger charge is 2.31. The van der Waals surface area contributed by atoms with E-state index in [2.05, 4.69) is 53.0 Å². The third kappa shape index (κ3) is 5.67. The van der Waals surface area contributed by atoms with Crippen molar-refractivity contribution in [1.29, 1.82) is 0 Å². The van der Waals surface area contributed by atoms with Crippen molar-refractivity contribution in [1.82, 2.24) is 24.3 Å². The van der Waals surface area contributed by atoms with E-state index < -0.39 is 0 Å². The summed E-state index contributed by atoms with van der Waals surface area (Å²) in [5, 5.41) is 14.8. The number of likely N-dealkylation sites (tertiary alicyclic amines) is 2. The van der Waals surface area contributed by atoms with Crippen LogP contribution in [0.3, 0.4) is 0 Å². The second-order valence-corrected chi connectivity index (χ2v) is 11.6. The molecule has 1 atom stereocenters. The number of nitrogens with one attached hydrogen (secondary N) is 1. The Balaban J connectivity index is 1.36. The average Bonchev–Trinajstić information content (AvgIpc) is 3.24. The number of anilines is 1. The molecule has 2 aliphatic heterocycles. The lowest BCUT2D eigenvalue weighted by molar-refractivity contribution is 0.0966. The van der Waals surface area contributed by atoms with Gasteiger partial charge in [0, 0.05) is 35.9 Å². The van der Waals surface area contributed by atoms with Gasteiger partial charge in [-0.25, -0.2) is 4.98 Å². The van der Waals surface area contributed by atoms with E-state index in [1.807, 2.05) is 0 Å². The largest absolute Gasteiger partial charge is 0.393 e. The van der Waals surface area contributed by atoms with Crippen molar-refractivity contribution >= 4 is 17.0 Å². The first-order chi connectivity index (χ1) is 17.0. The van der Waals surface area contributed by atoms with Crippen molar-refractivity contribution < 1.29 is 5.11 Å². The maximum Gasteiger partial charge on any atom is 0.224 e. The Morgan fingerprint density at radius 2 is 1.71 bits per heavy atom. The molecule has 4 heterocycles. The minimum atomic E-state index is -0.141. The van der Waals surface area contributed by atoms with Crippen LogP contribution in [0.4, 0.5) is 5.95 Å². The lowest BCUT2D eigenvalue weighted by Gasteiger charge is -2.41. The van der Waals surface area contributed by atoms with Gasteiger partial charge in [-0.05, 0) is 109 Å². The summed E-state index contributed by atoms with van der Waals surface area (Å²) in [7, 11) is 2.25. The van der Waals surface area contributed by atoms with Gasteiger partial charge < -0.3 is 24.8 Å². The van der Waals surface area contributed by atoms with Gasteiger partial charge >= 0.3 is 0 Å². The predicted molar refractivity (Wildman–Crippen MR) is 143 cm³/mol. The molecule has 0 bridgehead atoms. The smallest absolute Gasteiger partial charge is 0.224 e. The molecule has 0 amide bonds. The molecule has 0 aromatic carbocycles. The first-order valence-electron chi connectivity index (χ1n) is 14.3. The highest BCUT2D eigenvalue weighted by atomic mass is 16.3. The lowest BCUT2D eigenvalue weighted by atomic mass is 9.88. The fourth-order valence-electron chi connectivity index (χ4n) is 6.72. The number of nitrogens with zero attached hydrogens (tertiary/aromatic N) is 5. The first kappa shape index (κ1) is 25.0. The van der Waals surface area contributed by atoms with Crippen molar-refractivity contribution in [2.45, 2.75) is 108 Å². The van der Waals surface area contributed by atoms with E-state index in [1.54, 1.807) is 0 Å². The van der Waals surface area contributed by atoms with Crippen LogP contribution >= 0.6 is 0 Å². The van der Waals surface area contributed by atoms with Crippen LogP contribution in [0.2, 0.25) is 0 Å². The van der Waals surface area contributed by atoms with Crippen LogP contribution in [0.5, 0.6) is 0 Å². The standard InChI is InChI=1S/C28H46N6O/c1-4-5-20(2)30-28-29-18-25-26(19-34(27(25)31-28)23-6-8-24(35)9-7-23)21-10-16-33(17-11-21)22-12-14-32(3)15-13-22/h18-24,35H,4-17H2,1-3H3,(H,29,30,31)/t20-,23-,24-/m0/s1. The van der Waals surface area contributed by atoms with Gasteiger partial charge in [-0.3, -0.25) is 0 Å². The summed E-state index contributed by atoms with van der Waals surface area (Å²) >= 11 is 0. The zero-order valence-corrected chi connectivity index (χ0v) is 22.1. The molecular weight excluding hydrogens is 436 g/mol. The molecule has 7 nitrogen and oxygen atoms in total. The lowest BCUT2D eigenvalue weighted by Crippen LogP contribution is -2.46. The van der Waals surface area contributed by atoms with Crippen LogP contribution in [0.1, 0.15) is 95.6 Å². The van der Waals surface area contributed by atoms with E-state index in [-0.39, 0.29) is 6.10 Å². The number of hydrogen-bond donors (Lipinski definition) is 2. The van der Waals surface area contributed by atoms with Crippen LogP contribution in [0.15, 0.2) is 12.4 Å². The molecule has 2 aromatic rings. The normalized spacial score (nSPS) is 26.9. The fraction of sp³-hybridized carbons (Fsp3) is 0.786. The molecule has 5 rings (SSSR count). The molecule has 2 aromatic heterocycles. The van der Waals surface area contributed by atoms with Crippen molar-refractivity contribution in [3.8, 4) is 0 Å². The Hall–Kier alpha value is -1.70. The van der Waals surface area contributed by atoms with Gasteiger partial charge in [0.1, 0.15) is 5.65 Å². The molecule has 0 unspecified atom stereocenters. The molecule has 1 aliphatic carbocycles. The van der Waals surface area contributed by atoms with E-state index in [0.717, 1.165) is 56.2 Å². The summed E-state index contributed by atoms with van der Waals surface area (Å²) in [5.74, 6) is 1.33. The molecule has 0 spiro atoms. The van der Waals surface area contributed by atoms with E-state index in [9.17, 15) is 5.11 Å². The second kappa shape index (κ2) is 11.1. The highest BCUT2D eigenvalue weighted by Crippen LogP contribution is 2.39. The Kier molecular flexibility index (Phi) is 7.95. The van der Waals surface area contributed by atoms with Crippen molar-refractivity contribution in [3.63, 3.8) is 0 Å². The summed E-state index contributed by atoms with van der Waals surface area (Å²) < 4.78 is 2.44. The number of piperidine rings is 2. The van der Waals surface area contributed by atoms with Crippen molar-refractivity contribution in [3.05, 3.63) is 18.0 Å². The van der Waals surface area contributed by atoms with Crippen LogP contribution in [-0.2, 0) is 0 Å². The zero-order chi connectivity index (χ0) is 24.4. The molecule has 1 saturated carbocycles. The predicted octanol–water partition coefficient (Wildman–Crippen LogP) is 4.78. The number of rotatable bonds is 7. The number of fused-ring (bicyclic) bond motifs is 1. The summed E-state index contributed by atoms with van der Waals surface area (Å²) in [5.41, 5.74) is 2.53. The summed E-state index contributed by atoms with van der Waals surface area (Å²) in [4.78, 5) is 15.1. The first-order valence-corrected chi connectivity index (χ1v) is 14.3. The van der Waals surface area contributed by atoms with Gasteiger partial charge in [0.05, 0.1) is 6.10 Å². The molecule has 35 heavy (non-hydrogen) atoms. The molecule has 0 radical (unpaired) electrons. The Bertz CT molecular complexity index is 952. The Morgan fingerprint density at radius 1 is 1.00 bits per heavy atom. The second-order valence-electron chi connectivity index (χ2n) is 11.6. The minimum Gasteiger partial charge on any atom is -0.393 e. The number of hydrogen-bond acceptors (Lipinski definition) is 6. The SMILES string of the molecule is CCC[C@H](C)Nc1ncc2c(C3CCN(C4CCN(C)CC4)CC3)cn([C@H]3CC[C@H](O)CC3)c2n1. The van der Waals surface area contributed by atoms with E-state index in [4.69, 9.17) is 9.97 Å². The quantitative estimate of drug-likeness (QED) is 0.592.